The molecule has 0 aromatic rings. The molecule has 0 saturated carbocycles. The Morgan fingerprint density at radius 3 is 1.65 bits per heavy atom. The number of halogens is 1. The van der Waals surface area contributed by atoms with Crippen molar-refractivity contribution in [3.63, 3.8) is 0 Å². The zero-order valence-corrected chi connectivity index (χ0v) is 14.8. The predicted molar refractivity (Wildman–Crippen MR) is 89.5 cm³/mol. The molecule has 23 heavy (non-hydrogen) atoms. The highest BCUT2D eigenvalue weighted by Gasteiger charge is 2.34. The third-order valence-electron chi connectivity index (χ3n) is 5.93. The Labute approximate surface area is 140 Å². The van der Waals surface area contributed by atoms with Crippen LogP contribution in [0.5, 0.6) is 0 Å². The number of alkyl halides is 1. The molecule has 0 spiro atoms. The first-order valence-corrected chi connectivity index (χ1v) is 9.36. The van der Waals surface area contributed by atoms with Crippen molar-refractivity contribution in [1.82, 2.24) is 9.80 Å². The number of nitrogens with zero attached hydrogens (tertiary/aromatic N) is 2. The minimum atomic E-state index is -0.916. The fourth-order valence-electron chi connectivity index (χ4n) is 3.62. The lowest BCUT2D eigenvalue weighted by Gasteiger charge is -2.42. The average Bonchev–Trinajstić information content (AvgIpc) is 2.40. The second kappa shape index (κ2) is 7.77. The molecule has 4 aliphatic rings. The van der Waals surface area contributed by atoms with E-state index < -0.39 is 5.67 Å². The number of hydrogen-bond acceptors (Lipinski definition) is 4. The highest BCUT2D eigenvalue weighted by molar-refractivity contribution is 4.87. The fourth-order valence-corrected chi connectivity index (χ4v) is 3.62. The van der Waals surface area contributed by atoms with E-state index >= 15 is 0 Å². The van der Waals surface area contributed by atoms with Crippen LogP contribution in [0.3, 0.4) is 0 Å². The first kappa shape index (κ1) is 17.6. The fraction of sp³-hybridized carbons (Fsp3) is 1.00. The van der Waals surface area contributed by atoms with E-state index in [1.54, 1.807) is 6.92 Å². The molecule has 4 nitrogen and oxygen atoms in total. The topological polar surface area (TPSA) is 24.9 Å². The largest absolute Gasteiger partial charge is 0.378 e. The molecule has 5 heteroatoms. The molecule has 4 heterocycles. The van der Waals surface area contributed by atoms with Crippen LogP contribution in [0.4, 0.5) is 4.39 Å². The lowest BCUT2D eigenvalue weighted by atomic mass is 9.94. The van der Waals surface area contributed by atoms with Gasteiger partial charge >= 0.3 is 0 Å². The lowest BCUT2D eigenvalue weighted by Crippen LogP contribution is -2.53. The molecule has 0 unspecified atom stereocenters. The maximum absolute atomic E-state index is 13.4. The Bertz CT molecular complexity index is 354. The second-order valence-electron chi connectivity index (χ2n) is 8.05. The molecule has 0 aromatic carbocycles. The Balaban J connectivity index is 0.000000136. The molecular formula is C18H33FN2O2. The Kier molecular flexibility index (Phi) is 5.94. The maximum Gasteiger partial charge on any atom is 0.110 e. The molecule has 134 valence electrons. The molecule has 0 atom stereocenters. The highest BCUT2D eigenvalue weighted by Crippen LogP contribution is 2.27. The van der Waals surface area contributed by atoms with Crippen LogP contribution in [0.1, 0.15) is 39.5 Å². The molecule has 0 bridgehead atoms. The summed E-state index contributed by atoms with van der Waals surface area (Å²) in [5.74, 6) is 0.951. The zero-order valence-electron chi connectivity index (χ0n) is 14.8. The van der Waals surface area contributed by atoms with Gasteiger partial charge in [-0.2, -0.15) is 0 Å². The highest BCUT2D eigenvalue weighted by atomic mass is 19.1. The summed E-state index contributed by atoms with van der Waals surface area (Å²) in [5.41, 5.74) is -0.916. The predicted octanol–water partition coefficient (Wildman–Crippen LogP) is 2.33. The third kappa shape index (κ3) is 4.88. The van der Waals surface area contributed by atoms with Crippen molar-refractivity contribution in [1.29, 1.82) is 0 Å². The summed E-state index contributed by atoms with van der Waals surface area (Å²) in [7, 11) is 0. The van der Waals surface area contributed by atoms with Crippen molar-refractivity contribution in [2.45, 2.75) is 57.3 Å². The smallest absolute Gasteiger partial charge is 0.110 e. The maximum atomic E-state index is 13.4. The van der Waals surface area contributed by atoms with E-state index in [-0.39, 0.29) is 0 Å². The van der Waals surface area contributed by atoms with E-state index in [0.29, 0.717) is 18.9 Å². The molecule has 4 aliphatic heterocycles. The van der Waals surface area contributed by atoms with Crippen LogP contribution in [0.2, 0.25) is 0 Å². The van der Waals surface area contributed by atoms with Gasteiger partial charge in [0.15, 0.2) is 0 Å². The monoisotopic (exact) mass is 328 g/mol. The first-order chi connectivity index (χ1) is 11.0. The molecular weight excluding hydrogens is 295 g/mol. The minimum absolute atomic E-state index is 0.584. The zero-order chi connectivity index (χ0) is 16.3. The van der Waals surface area contributed by atoms with Gasteiger partial charge in [-0.3, -0.25) is 9.80 Å². The molecule has 4 fully saturated rings. The van der Waals surface area contributed by atoms with Crippen molar-refractivity contribution in [2.24, 2.45) is 5.92 Å². The number of ether oxygens (including phenoxy) is 2. The van der Waals surface area contributed by atoms with Crippen molar-refractivity contribution in [3.05, 3.63) is 0 Å². The van der Waals surface area contributed by atoms with Crippen molar-refractivity contribution < 1.29 is 13.9 Å². The minimum Gasteiger partial charge on any atom is -0.378 e. The van der Waals surface area contributed by atoms with Gasteiger partial charge in [-0.1, -0.05) is 6.92 Å². The third-order valence-corrected chi connectivity index (χ3v) is 5.93. The van der Waals surface area contributed by atoms with Gasteiger partial charge in [0.25, 0.3) is 0 Å². The van der Waals surface area contributed by atoms with E-state index in [0.717, 1.165) is 51.5 Å². The molecule has 0 aliphatic carbocycles. The summed E-state index contributed by atoms with van der Waals surface area (Å²) >= 11 is 0. The molecule has 4 rings (SSSR count). The number of likely N-dealkylation sites (tertiary alicyclic amines) is 2. The van der Waals surface area contributed by atoms with Crippen molar-refractivity contribution in [3.8, 4) is 0 Å². The van der Waals surface area contributed by atoms with Gasteiger partial charge in [-0.05, 0) is 51.6 Å². The van der Waals surface area contributed by atoms with Crippen LogP contribution in [-0.4, -0.2) is 80.2 Å². The van der Waals surface area contributed by atoms with Crippen molar-refractivity contribution >= 4 is 0 Å². The van der Waals surface area contributed by atoms with E-state index in [2.05, 4.69) is 16.7 Å². The van der Waals surface area contributed by atoms with Crippen LogP contribution in [-0.2, 0) is 9.47 Å². The summed E-state index contributed by atoms with van der Waals surface area (Å²) < 4.78 is 23.6. The van der Waals surface area contributed by atoms with Gasteiger partial charge in [-0.15, -0.1) is 0 Å². The van der Waals surface area contributed by atoms with E-state index in [9.17, 15) is 4.39 Å². The van der Waals surface area contributed by atoms with Crippen LogP contribution >= 0.6 is 0 Å². The normalized spacial score (nSPS) is 30.9. The Hall–Kier alpha value is -0.230. The second-order valence-corrected chi connectivity index (χ2v) is 8.05. The van der Waals surface area contributed by atoms with Crippen LogP contribution in [0.15, 0.2) is 0 Å². The summed E-state index contributed by atoms with van der Waals surface area (Å²) in [4.78, 5) is 4.94. The summed E-state index contributed by atoms with van der Waals surface area (Å²) in [6.45, 7) is 12.1. The quantitative estimate of drug-likeness (QED) is 0.777. The molecule has 0 amide bonds. The molecule has 4 saturated heterocycles. The SMILES string of the molecule is CC1(F)CCN(C2COC2)CC1.CC1CCN(C2COC2)CC1. The number of rotatable bonds is 2. The Morgan fingerprint density at radius 2 is 1.26 bits per heavy atom. The summed E-state index contributed by atoms with van der Waals surface area (Å²) in [6, 6.07) is 1.35. The first-order valence-electron chi connectivity index (χ1n) is 9.36. The van der Waals surface area contributed by atoms with Crippen LogP contribution < -0.4 is 0 Å². The molecule has 0 aromatic heterocycles. The molecule has 0 N–H and O–H groups in total. The van der Waals surface area contributed by atoms with Crippen LogP contribution in [0, 0.1) is 5.92 Å². The molecule has 0 radical (unpaired) electrons. The van der Waals surface area contributed by atoms with E-state index in [4.69, 9.17) is 9.47 Å². The average molecular weight is 328 g/mol. The summed E-state index contributed by atoms with van der Waals surface area (Å²) in [5, 5.41) is 0. The Morgan fingerprint density at radius 1 is 0.826 bits per heavy atom. The summed E-state index contributed by atoms with van der Waals surface area (Å²) in [6.07, 6.45) is 4.14. The lowest BCUT2D eigenvalue weighted by molar-refractivity contribution is -0.0827. The number of piperidine rings is 2. The van der Waals surface area contributed by atoms with Gasteiger partial charge in [0, 0.05) is 13.1 Å². The van der Waals surface area contributed by atoms with Gasteiger partial charge in [0.2, 0.25) is 0 Å². The van der Waals surface area contributed by atoms with E-state index in [1.807, 2.05) is 0 Å². The standard InChI is InChI=1S/C9H16FNO.C9H17NO/c1-9(10)2-4-11(5-3-9)8-6-12-7-8;1-8-2-4-10(5-3-8)9-6-11-7-9/h8H,2-7H2,1H3;8-9H,2-7H2,1H3. The number of hydrogen-bond donors (Lipinski definition) is 0. The van der Waals surface area contributed by atoms with Gasteiger partial charge in [0.05, 0.1) is 38.5 Å². The van der Waals surface area contributed by atoms with E-state index in [1.165, 1.54) is 25.9 Å². The van der Waals surface area contributed by atoms with Crippen LogP contribution in [0.25, 0.3) is 0 Å². The van der Waals surface area contributed by atoms with Crippen molar-refractivity contribution in [2.75, 3.05) is 52.6 Å². The van der Waals surface area contributed by atoms with Gasteiger partial charge < -0.3 is 9.47 Å². The van der Waals surface area contributed by atoms with Gasteiger partial charge in [-0.25, -0.2) is 4.39 Å². The van der Waals surface area contributed by atoms with Gasteiger partial charge in [0.1, 0.15) is 5.67 Å².